The highest BCUT2D eigenvalue weighted by molar-refractivity contribution is 5.80. The molecule has 0 aromatic rings. The van der Waals surface area contributed by atoms with Gasteiger partial charge in [-0.05, 0) is 6.08 Å². The van der Waals surface area contributed by atoms with E-state index in [1.807, 2.05) is 6.07 Å². The molecule has 1 atom stereocenters. The summed E-state index contributed by atoms with van der Waals surface area (Å²) in [5, 5.41) is 8.51. The number of carbonyl (C=O) groups excluding carboxylic acids is 1. The summed E-state index contributed by atoms with van der Waals surface area (Å²) in [6, 6.07) is 1.93. The average Bonchev–Trinajstić information content (AvgIpc) is 2.50. The maximum Gasteiger partial charge on any atom is 0.317 e. The topological polar surface area (TPSA) is 50.1 Å². The van der Waals surface area contributed by atoms with Gasteiger partial charge in [0.25, 0.3) is 0 Å². The number of hydrogen-bond acceptors (Lipinski definition) is 3. The molecule has 56 valence electrons. The molecule has 0 spiro atoms. The van der Waals surface area contributed by atoms with Gasteiger partial charge in [0.15, 0.2) is 0 Å². The Kier molecular flexibility index (Phi) is 2.07. The molecule has 0 heterocycles. The van der Waals surface area contributed by atoms with Gasteiger partial charge in [0.05, 0.1) is 13.2 Å². The van der Waals surface area contributed by atoms with E-state index in [9.17, 15) is 4.79 Å². The van der Waals surface area contributed by atoms with Gasteiger partial charge in [-0.2, -0.15) is 5.26 Å². The number of ether oxygens (including phenoxy) is 1. The van der Waals surface area contributed by atoms with E-state index in [0.29, 0.717) is 5.57 Å². The maximum atomic E-state index is 10.9. The van der Waals surface area contributed by atoms with Crippen LogP contribution >= 0.6 is 0 Å². The summed E-state index contributed by atoms with van der Waals surface area (Å²) in [7, 11) is 1.31. The van der Waals surface area contributed by atoms with E-state index in [1.165, 1.54) is 7.11 Å². The van der Waals surface area contributed by atoms with Crippen LogP contribution < -0.4 is 0 Å². The molecular weight excluding hydrogens is 142 g/mol. The standard InChI is InChI=1S/C8H7NO2/c1-11-8(10)7-4-2-3-6(7)5-9/h2-4,7H,1H3. The van der Waals surface area contributed by atoms with Crippen molar-refractivity contribution in [2.24, 2.45) is 5.92 Å². The largest absolute Gasteiger partial charge is 0.468 e. The Morgan fingerprint density at radius 2 is 2.55 bits per heavy atom. The lowest BCUT2D eigenvalue weighted by Gasteiger charge is -2.03. The summed E-state index contributed by atoms with van der Waals surface area (Å²) in [5.41, 5.74) is 0.442. The Bertz CT molecular complexity index is 270. The van der Waals surface area contributed by atoms with Gasteiger partial charge >= 0.3 is 5.97 Å². The molecule has 1 unspecified atom stereocenters. The highest BCUT2D eigenvalue weighted by atomic mass is 16.5. The van der Waals surface area contributed by atoms with Gasteiger partial charge in [0.1, 0.15) is 5.92 Å². The molecule has 0 aromatic heterocycles. The summed E-state index contributed by atoms with van der Waals surface area (Å²) < 4.78 is 4.48. The van der Waals surface area contributed by atoms with Gasteiger partial charge in [0, 0.05) is 5.57 Å². The minimum atomic E-state index is -0.481. The molecule has 3 nitrogen and oxygen atoms in total. The number of carbonyl (C=O) groups is 1. The highest BCUT2D eigenvalue weighted by Crippen LogP contribution is 2.19. The minimum absolute atomic E-state index is 0.383. The molecule has 3 heteroatoms. The summed E-state index contributed by atoms with van der Waals surface area (Å²) >= 11 is 0. The molecule has 1 rings (SSSR count). The van der Waals surface area contributed by atoms with Crippen molar-refractivity contribution < 1.29 is 9.53 Å². The number of esters is 1. The maximum absolute atomic E-state index is 10.9. The number of rotatable bonds is 1. The normalized spacial score (nSPS) is 20.7. The predicted octanol–water partition coefficient (Wildman–Crippen LogP) is 0.795. The van der Waals surface area contributed by atoms with Gasteiger partial charge in [-0.25, -0.2) is 0 Å². The second kappa shape index (κ2) is 3.02. The van der Waals surface area contributed by atoms with Crippen LogP contribution in [0.5, 0.6) is 0 Å². The molecule has 0 fully saturated rings. The van der Waals surface area contributed by atoms with Crippen molar-refractivity contribution in [3.05, 3.63) is 23.8 Å². The molecule has 0 aliphatic heterocycles. The van der Waals surface area contributed by atoms with E-state index < -0.39 is 5.92 Å². The van der Waals surface area contributed by atoms with Crippen LogP contribution in [0, 0.1) is 17.2 Å². The van der Waals surface area contributed by atoms with Crippen molar-refractivity contribution >= 4 is 5.97 Å². The summed E-state index contributed by atoms with van der Waals surface area (Å²) in [6.07, 6.45) is 4.94. The zero-order valence-corrected chi connectivity index (χ0v) is 6.07. The van der Waals surface area contributed by atoms with E-state index in [1.54, 1.807) is 18.2 Å². The molecule has 0 saturated carbocycles. The fourth-order valence-electron chi connectivity index (χ4n) is 0.917. The van der Waals surface area contributed by atoms with Crippen molar-refractivity contribution in [2.45, 2.75) is 0 Å². The minimum Gasteiger partial charge on any atom is -0.468 e. The van der Waals surface area contributed by atoms with Gasteiger partial charge in [-0.15, -0.1) is 0 Å². The molecule has 0 N–H and O–H groups in total. The summed E-state index contributed by atoms with van der Waals surface area (Å²) in [6.45, 7) is 0. The lowest BCUT2D eigenvalue weighted by atomic mass is 10.1. The van der Waals surface area contributed by atoms with Crippen LogP contribution in [0.2, 0.25) is 0 Å². The van der Waals surface area contributed by atoms with Crippen LogP contribution in [0.1, 0.15) is 0 Å². The third-order valence-electron chi connectivity index (χ3n) is 1.50. The van der Waals surface area contributed by atoms with Crippen LogP contribution in [0.25, 0.3) is 0 Å². The van der Waals surface area contributed by atoms with Crippen molar-refractivity contribution in [3.63, 3.8) is 0 Å². The predicted molar refractivity (Wildman–Crippen MR) is 38.3 cm³/mol. The number of nitrogens with zero attached hydrogens (tertiary/aromatic N) is 1. The monoisotopic (exact) mass is 149 g/mol. The van der Waals surface area contributed by atoms with E-state index in [4.69, 9.17) is 5.26 Å². The van der Waals surface area contributed by atoms with Crippen molar-refractivity contribution in [3.8, 4) is 6.07 Å². The molecule has 0 saturated heterocycles. The number of nitriles is 1. The zero-order valence-electron chi connectivity index (χ0n) is 6.07. The Balaban J connectivity index is 2.77. The lowest BCUT2D eigenvalue weighted by molar-refractivity contribution is -0.142. The summed E-state index contributed by atoms with van der Waals surface area (Å²) in [5.74, 6) is -0.864. The Morgan fingerprint density at radius 3 is 3.09 bits per heavy atom. The highest BCUT2D eigenvalue weighted by Gasteiger charge is 2.22. The van der Waals surface area contributed by atoms with Crippen LogP contribution in [0.3, 0.4) is 0 Å². The van der Waals surface area contributed by atoms with E-state index in [-0.39, 0.29) is 5.97 Å². The van der Waals surface area contributed by atoms with Crippen molar-refractivity contribution in [2.75, 3.05) is 7.11 Å². The molecule has 1 aliphatic carbocycles. The van der Waals surface area contributed by atoms with Crippen LogP contribution in [0.4, 0.5) is 0 Å². The summed E-state index contributed by atoms with van der Waals surface area (Å²) in [4.78, 5) is 10.9. The fraction of sp³-hybridized carbons (Fsp3) is 0.250. The van der Waals surface area contributed by atoms with E-state index in [2.05, 4.69) is 4.74 Å². The first-order valence-corrected chi connectivity index (χ1v) is 3.16. The van der Waals surface area contributed by atoms with E-state index in [0.717, 1.165) is 0 Å². The third kappa shape index (κ3) is 1.30. The molecule has 0 aromatic carbocycles. The van der Waals surface area contributed by atoms with E-state index >= 15 is 0 Å². The Labute approximate surface area is 64.6 Å². The Morgan fingerprint density at radius 1 is 1.82 bits per heavy atom. The fourth-order valence-corrected chi connectivity index (χ4v) is 0.917. The van der Waals surface area contributed by atoms with Gasteiger partial charge in [0.2, 0.25) is 0 Å². The smallest absolute Gasteiger partial charge is 0.317 e. The number of allylic oxidation sites excluding steroid dienone is 2. The average molecular weight is 149 g/mol. The molecular formula is C8H7NO2. The molecule has 11 heavy (non-hydrogen) atoms. The molecule has 1 aliphatic rings. The second-order valence-corrected chi connectivity index (χ2v) is 2.12. The first-order valence-electron chi connectivity index (χ1n) is 3.16. The number of hydrogen-bond donors (Lipinski definition) is 0. The number of methoxy groups -OCH3 is 1. The quantitative estimate of drug-likeness (QED) is 0.518. The zero-order chi connectivity index (χ0) is 8.27. The Hall–Kier alpha value is -1.56. The SMILES string of the molecule is COC(=O)C1C=CC=C1C#N. The third-order valence-corrected chi connectivity index (χ3v) is 1.50. The van der Waals surface area contributed by atoms with Crippen molar-refractivity contribution in [1.82, 2.24) is 0 Å². The van der Waals surface area contributed by atoms with Crippen LogP contribution in [0.15, 0.2) is 23.8 Å². The second-order valence-electron chi connectivity index (χ2n) is 2.12. The van der Waals surface area contributed by atoms with Crippen LogP contribution in [-0.2, 0) is 9.53 Å². The van der Waals surface area contributed by atoms with Gasteiger partial charge in [-0.1, -0.05) is 12.2 Å². The molecule has 0 radical (unpaired) electrons. The van der Waals surface area contributed by atoms with Gasteiger partial charge in [-0.3, -0.25) is 4.79 Å². The first-order chi connectivity index (χ1) is 5.29. The molecule has 0 amide bonds. The van der Waals surface area contributed by atoms with Crippen LogP contribution in [-0.4, -0.2) is 13.1 Å². The van der Waals surface area contributed by atoms with Crippen molar-refractivity contribution in [1.29, 1.82) is 5.26 Å². The molecule has 0 bridgehead atoms. The lowest BCUT2D eigenvalue weighted by Crippen LogP contribution is -2.13. The first kappa shape index (κ1) is 7.55. The van der Waals surface area contributed by atoms with Gasteiger partial charge < -0.3 is 4.74 Å².